The van der Waals surface area contributed by atoms with Gasteiger partial charge in [-0.1, -0.05) is 0 Å². The summed E-state index contributed by atoms with van der Waals surface area (Å²) in [6.45, 7) is 19.0. The molecule has 0 radical (unpaired) electrons. The van der Waals surface area contributed by atoms with Crippen LogP contribution >= 0.6 is 35.3 Å². The Kier molecular flexibility index (Phi) is 13.5. The van der Waals surface area contributed by atoms with E-state index in [2.05, 4.69) is 69.0 Å². The van der Waals surface area contributed by atoms with E-state index < -0.39 is 0 Å². The van der Waals surface area contributed by atoms with E-state index >= 15 is 0 Å². The Hall–Kier alpha value is -0.410. The van der Waals surface area contributed by atoms with Gasteiger partial charge in [0.2, 0.25) is 0 Å². The highest BCUT2D eigenvalue weighted by Gasteiger charge is 2.12. The van der Waals surface area contributed by atoms with Gasteiger partial charge >= 0.3 is 0 Å². The van der Waals surface area contributed by atoms with Crippen molar-refractivity contribution < 1.29 is 0 Å². The molecule has 0 amide bonds. The maximum Gasteiger partial charge on any atom is 0.191 e. The average Bonchev–Trinajstić information content (AvgIpc) is 2.84. The number of guanidine groups is 1. The predicted octanol–water partition coefficient (Wildman–Crippen LogP) is 3.98. The summed E-state index contributed by atoms with van der Waals surface area (Å²) in [6.07, 6.45) is 2.02. The van der Waals surface area contributed by atoms with E-state index in [-0.39, 0.29) is 24.0 Å². The second-order valence-corrected chi connectivity index (χ2v) is 8.25. The summed E-state index contributed by atoms with van der Waals surface area (Å²) in [5.74, 6) is 0.910. The van der Waals surface area contributed by atoms with Crippen LogP contribution in [0, 0.1) is 13.8 Å². The largest absolute Gasteiger partial charge is 0.357 e. The first-order valence-corrected chi connectivity index (χ1v) is 10.4. The van der Waals surface area contributed by atoms with E-state index in [1.165, 1.54) is 9.88 Å². The van der Waals surface area contributed by atoms with Gasteiger partial charge in [-0.15, -0.1) is 35.3 Å². The molecule has 0 saturated heterocycles. The number of nitrogens with zero attached hydrogens (tertiary/aromatic N) is 3. The summed E-state index contributed by atoms with van der Waals surface area (Å²) in [5, 5.41) is 7.95. The van der Waals surface area contributed by atoms with E-state index in [1.807, 2.05) is 0 Å². The van der Waals surface area contributed by atoms with Crippen molar-refractivity contribution in [3.05, 3.63) is 15.6 Å². The Bertz CT molecular complexity index is 500. The van der Waals surface area contributed by atoms with Gasteiger partial charge in [-0.25, -0.2) is 4.98 Å². The van der Waals surface area contributed by atoms with Crippen LogP contribution in [0.1, 0.15) is 56.6 Å². The molecule has 1 aromatic heterocycles. The molecule has 0 unspecified atom stereocenters. The second kappa shape index (κ2) is 13.7. The number of thiazole rings is 1. The standard InChI is InChI=1S/C19H37N5S.HI/c1-8-20-19(21-11-9-13-24(14(2)3)15(4)5)22-12-10-18-23-16(6)17(7)25-18;/h14-15H,8-13H2,1-7H3,(H2,20,21,22);1H. The van der Waals surface area contributed by atoms with Crippen molar-refractivity contribution in [2.75, 3.05) is 26.2 Å². The highest BCUT2D eigenvalue weighted by atomic mass is 127. The molecule has 7 heteroatoms. The molecule has 1 aromatic rings. The Morgan fingerprint density at radius 2 is 1.81 bits per heavy atom. The van der Waals surface area contributed by atoms with Crippen LogP contribution in [0.15, 0.2) is 4.99 Å². The minimum atomic E-state index is 0. The molecule has 0 bridgehead atoms. The SMILES string of the molecule is CCNC(=NCCCN(C(C)C)C(C)C)NCCc1nc(C)c(C)s1.I. The molecule has 0 saturated carbocycles. The molecule has 26 heavy (non-hydrogen) atoms. The van der Waals surface area contributed by atoms with Crippen molar-refractivity contribution in [3.63, 3.8) is 0 Å². The lowest BCUT2D eigenvalue weighted by atomic mass is 10.2. The second-order valence-electron chi connectivity index (χ2n) is 6.97. The lowest BCUT2D eigenvalue weighted by Gasteiger charge is -2.30. The topological polar surface area (TPSA) is 52.6 Å². The van der Waals surface area contributed by atoms with Crippen LogP contribution in [0.4, 0.5) is 0 Å². The molecule has 2 N–H and O–H groups in total. The average molecular weight is 496 g/mol. The van der Waals surface area contributed by atoms with Gasteiger partial charge in [0.1, 0.15) is 0 Å². The minimum Gasteiger partial charge on any atom is -0.357 e. The van der Waals surface area contributed by atoms with Crippen LogP contribution in [-0.2, 0) is 6.42 Å². The van der Waals surface area contributed by atoms with E-state index in [1.54, 1.807) is 11.3 Å². The molecule has 0 fully saturated rings. The van der Waals surface area contributed by atoms with E-state index in [0.717, 1.165) is 50.7 Å². The van der Waals surface area contributed by atoms with E-state index in [9.17, 15) is 0 Å². The Morgan fingerprint density at radius 3 is 2.31 bits per heavy atom. The molecular formula is C19H38IN5S. The van der Waals surface area contributed by atoms with Gasteiger partial charge in [-0.2, -0.15) is 0 Å². The minimum absolute atomic E-state index is 0. The molecule has 0 spiro atoms. The van der Waals surface area contributed by atoms with E-state index in [0.29, 0.717) is 12.1 Å². The number of aromatic nitrogens is 1. The van der Waals surface area contributed by atoms with Crippen LogP contribution in [0.5, 0.6) is 0 Å². The highest BCUT2D eigenvalue weighted by molar-refractivity contribution is 14.0. The van der Waals surface area contributed by atoms with Crippen molar-refractivity contribution in [1.29, 1.82) is 0 Å². The number of aryl methyl sites for hydroxylation is 2. The molecule has 0 aromatic carbocycles. The third kappa shape index (κ3) is 9.50. The van der Waals surface area contributed by atoms with Crippen molar-refractivity contribution in [3.8, 4) is 0 Å². The number of nitrogens with one attached hydrogen (secondary N) is 2. The lowest BCUT2D eigenvalue weighted by Crippen LogP contribution is -2.39. The van der Waals surface area contributed by atoms with Crippen molar-refractivity contribution in [2.24, 2.45) is 4.99 Å². The molecule has 152 valence electrons. The maximum atomic E-state index is 4.71. The number of rotatable bonds is 10. The van der Waals surface area contributed by atoms with Gasteiger partial charge in [0.25, 0.3) is 0 Å². The van der Waals surface area contributed by atoms with Crippen molar-refractivity contribution in [1.82, 2.24) is 20.5 Å². The van der Waals surface area contributed by atoms with Gasteiger partial charge in [0.15, 0.2) is 5.96 Å². The van der Waals surface area contributed by atoms with E-state index in [4.69, 9.17) is 4.99 Å². The maximum absolute atomic E-state index is 4.71. The Labute approximate surface area is 181 Å². The molecule has 1 heterocycles. The summed E-state index contributed by atoms with van der Waals surface area (Å²) in [4.78, 5) is 13.1. The fraction of sp³-hybridized carbons (Fsp3) is 0.789. The first-order chi connectivity index (χ1) is 11.8. The first-order valence-electron chi connectivity index (χ1n) is 9.56. The fourth-order valence-corrected chi connectivity index (χ4v) is 3.77. The summed E-state index contributed by atoms with van der Waals surface area (Å²) in [6, 6.07) is 1.17. The molecular weight excluding hydrogens is 457 g/mol. The first kappa shape index (κ1) is 25.6. The van der Waals surface area contributed by atoms with Crippen LogP contribution in [0.25, 0.3) is 0 Å². The predicted molar refractivity (Wildman–Crippen MR) is 126 cm³/mol. The summed E-state index contributed by atoms with van der Waals surface area (Å²) in [7, 11) is 0. The van der Waals surface area contributed by atoms with Gasteiger partial charge < -0.3 is 10.6 Å². The molecule has 5 nitrogen and oxygen atoms in total. The number of halogens is 1. The number of hydrogen-bond acceptors (Lipinski definition) is 4. The summed E-state index contributed by atoms with van der Waals surface area (Å²) >= 11 is 1.79. The zero-order chi connectivity index (χ0) is 18.8. The molecule has 0 atom stereocenters. The van der Waals surface area contributed by atoms with Crippen molar-refractivity contribution in [2.45, 2.75) is 73.4 Å². The Morgan fingerprint density at radius 1 is 1.15 bits per heavy atom. The molecule has 0 aliphatic carbocycles. The number of hydrogen-bond donors (Lipinski definition) is 2. The third-order valence-corrected chi connectivity index (χ3v) is 5.35. The third-order valence-electron chi connectivity index (χ3n) is 4.22. The van der Waals surface area contributed by atoms with Crippen LogP contribution < -0.4 is 10.6 Å². The zero-order valence-corrected chi connectivity index (χ0v) is 20.7. The monoisotopic (exact) mass is 495 g/mol. The van der Waals surface area contributed by atoms with Gasteiger partial charge in [-0.05, 0) is 54.9 Å². The smallest absolute Gasteiger partial charge is 0.191 e. The zero-order valence-electron chi connectivity index (χ0n) is 17.6. The van der Waals surface area contributed by atoms with Gasteiger partial charge in [-0.3, -0.25) is 9.89 Å². The summed E-state index contributed by atoms with van der Waals surface area (Å²) in [5.41, 5.74) is 1.15. The number of aliphatic imine (C=N–C) groups is 1. The fourth-order valence-electron chi connectivity index (χ4n) is 2.83. The quantitative estimate of drug-likeness (QED) is 0.223. The van der Waals surface area contributed by atoms with Crippen LogP contribution in [0.3, 0.4) is 0 Å². The molecule has 0 aliphatic heterocycles. The highest BCUT2D eigenvalue weighted by Crippen LogP contribution is 2.16. The van der Waals surface area contributed by atoms with Gasteiger partial charge in [0, 0.05) is 49.6 Å². The van der Waals surface area contributed by atoms with Crippen molar-refractivity contribution >= 4 is 41.3 Å². The van der Waals surface area contributed by atoms with Crippen LogP contribution in [-0.4, -0.2) is 54.1 Å². The Balaban J connectivity index is 0.00000625. The lowest BCUT2D eigenvalue weighted by molar-refractivity contribution is 0.174. The normalized spacial score (nSPS) is 12.0. The molecule has 0 aliphatic rings. The van der Waals surface area contributed by atoms with Crippen LogP contribution in [0.2, 0.25) is 0 Å². The molecule has 1 rings (SSSR count). The summed E-state index contributed by atoms with van der Waals surface area (Å²) < 4.78 is 0. The van der Waals surface area contributed by atoms with Gasteiger partial charge in [0.05, 0.1) is 10.7 Å².